The molecule has 2 heterocycles. The van der Waals surface area contributed by atoms with Crippen LogP contribution in [0.25, 0.3) is 5.69 Å². The Bertz CT molecular complexity index is 760. The molecule has 1 fully saturated rings. The molecule has 1 unspecified atom stereocenters. The fourth-order valence-corrected chi connectivity index (χ4v) is 2.62. The zero-order chi connectivity index (χ0) is 17.8. The van der Waals surface area contributed by atoms with E-state index in [1.807, 2.05) is 0 Å². The molecule has 8 heteroatoms. The minimum atomic E-state index is -0.328. The van der Waals surface area contributed by atoms with Crippen LogP contribution in [0.1, 0.15) is 17.4 Å². The number of aromatic nitrogens is 2. The number of carbonyl (C=O) groups excluding carboxylic acids is 2. The molecule has 0 spiro atoms. The summed E-state index contributed by atoms with van der Waals surface area (Å²) in [7, 11) is 0. The molecule has 1 aromatic heterocycles. The van der Waals surface area contributed by atoms with Crippen molar-refractivity contribution in [1.29, 1.82) is 0 Å². The molecule has 1 aliphatic heterocycles. The molecule has 1 N–H and O–H groups in total. The molecule has 1 aromatic carbocycles. The SMILES string of the molecule is CC(=O)NCC1CN(C(=O)c2ccn(-c3ccc(F)cc3)n2)CCO1. The zero-order valence-corrected chi connectivity index (χ0v) is 13.8. The van der Waals surface area contributed by atoms with Gasteiger partial charge in [0, 0.05) is 32.8 Å². The van der Waals surface area contributed by atoms with Crippen molar-refractivity contribution in [1.82, 2.24) is 20.0 Å². The fraction of sp³-hybridized carbons (Fsp3) is 0.353. The van der Waals surface area contributed by atoms with Gasteiger partial charge in [0.15, 0.2) is 5.69 Å². The van der Waals surface area contributed by atoms with E-state index >= 15 is 0 Å². The number of benzene rings is 1. The Balaban J connectivity index is 1.66. The highest BCUT2D eigenvalue weighted by molar-refractivity contribution is 5.92. The number of nitrogens with zero attached hydrogens (tertiary/aromatic N) is 3. The van der Waals surface area contributed by atoms with Gasteiger partial charge in [-0.25, -0.2) is 9.07 Å². The zero-order valence-electron chi connectivity index (χ0n) is 13.8. The smallest absolute Gasteiger partial charge is 0.274 e. The van der Waals surface area contributed by atoms with Crippen molar-refractivity contribution in [2.45, 2.75) is 13.0 Å². The van der Waals surface area contributed by atoms with Crippen LogP contribution in [0.4, 0.5) is 4.39 Å². The van der Waals surface area contributed by atoms with E-state index < -0.39 is 0 Å². The number of halogens is 1. The second kappa shape index (κ2) is 7.43. The molecule has 2 amide bonds. The van der Waals surface area contributed by atoms with E-state index in [0.29, 0.717) is 37.6 Å². The predicted octanol–water partition coefficient (Wildman–Crippen LogP) is 0.988. The summed E-state index contributed by atoms with van der Waals surface area (Å²) in [5, 5.41) is 6.97. The van der Waals surface area contributed by atoms with Crippen molar-refractivity contribution in [3.63, 3.8) is 0 Å². The Hall–Kier alpha value is -2.74. The summed E-state index contributed by atoms with van der Waals surface area (Å²) in [6.07, 6.45) is 1.43. The molecule has 132 valence electrons. The van der Waals surface area contributed by atoms with E-state index in [2.05, 4.69) is 10.4 Å². The molecule has 3 rings (SSSR count). The van der Waals surface area contributed by atoms with E-state index in [0.717, 1.165) is 0 Å². The van der Waals surface area contributed by atoms with Gasteiger partial charge in [0.25, 0.3) is 5.91 Å². The van der Waals surface area contributed by atoms with Gasteiger partial charge in [0.2, 0.25) is 5.91 Å². The third-order valence-corrected chi connectivity index (χ3v) is 3.90. The Morgan fingerprint density at radius 2 is 2.08 bits per heavy atom. The van der Waals surface area contributed by atoms with Crippen LogP contribution in [-0.4, -0.2) is 58.8 Å². The first-order valence-corrected chi connectivity index (χ1v) is 8.00. The normalized spacial score (nSPS) is 17.4. The standard InChI is InChI=1S/C17H19FN4O3/c1-12(23)19-10-15-11-21(8-9-25-15)17(24)16-6-7-22(20-16)14-4-2-13(18)3-5-14/h2-7,15H,8-11H2,1H3,(H,19,23). The Labute approximate surface area is 144 Å². The molecule has 0 saturated carbocycles. The van der Waals surface area contributed by atoms with Crippen LogP contribution >= 0.6 is 0 Å². The Morgan fingerprint density at radius 3 is 2.80 bits per heavy atom. The quantitative estimate of drug-likeness (QED) is 0.896. The summed E-state index contributed by atoms with van der Waals surface area (Å²) >= 11 is 0. The predicted molar refractivity (Wildman–Crippen MR) is 87.8 cm³/mol. The molecular weight excluding hydrogens is 327 g/mol. The first kappa shape index (κ1) is 17.1. The van der Waals surface area contributed by atoms with Crippen molar-refractivity contribution in [2.24, 2.45) is 0 Å². The summed E-state index contributed by atoms with van der Waals surface area (Å²) in [5.74, 6) is -0.659. The maximum absolute atomic E-state index is 13.0. The maximum atomic E-state index is 13.0. The Morgan fingerprint density at radius 1 is 1.32 bits per heavy atom. The summed E-state index contributed by atoms with van der Waals surface area (Å²) in [4.78, 5) is 25.3. The van der Waals surface area contributed by atoms with Crippen LogP contribution < -0.4 is 5.32 Å². The first-order valence-electron chi connectivity index (χ1n) is 8.00. The number of carbonyl (C=O) groups is 2. The molecular formula is C17H19FN4O3. The fourth-order valence-electron chi connectivity index (χ4n) is 2.62. The van der Waals surface area contributed by atoms with E-state index in [1.165, 1.54) is 23.7 Å². The number of nitrogens with one attached hydrogen (secondary N) is 1. The van der Waals surface area contributed by atoms with Gasteiger partial charge in [-0.05, 0) is 30.3 Å². The molecule has 1 saturated heterocycles. The van der Waals surface area contributed by atoms with Gasteiger partial charge in [-0.2, -0.15) is 5.10 Å². The monoisotopic (exact) mass is 346 g/mol. The largest absolute Gasteiger partial charge is 0.373 e. The van der Waals surface area contributed by atoms with Crippen molar-refractivity contribution in [3.05, 3.63) is 48.0 Å². The van der Waals surface area contributed by atoms with Gasteiger partial charge in [-0.1, -0.05) is 0 Å². The molecule has 0 bridgehead atoms. The lowest BCUT2D eigenvalue weighted by molar-refractivity contribution is -0.120. The summed E-state index contributed by atoms with van der Waals surface area (Å²) < 4.78 is 20.1. The van der Waals surface area contributed by atoms with Crippen molar-refractivity contribution in [3.8, 4) is 5.69 Å². The van der Waals surface area contributed by atoms with Gasteiger partial charge in [0.05, 0.1) is 18.4 Å². The highest BCUT2D eigenvalue weighted by Gasteiger charge is 2.26. The second-order valence-corrected chi connectivity index (χ2v) is 5.80. The van der Waals surface area contributed by atoms with Gasteiger partial charge in [-0.3, -0.25) is 9.59 Å². The minimum Gasteiger partial charge on any atom is -0.373 e. The molecule has 1 aliphatic rings. The summed E-state index contributed by atoms with van der Waals surface area (Å²) in [6, 6.07) is 7.49. The number of rotatable bonds is 4. The summed E-state index contributed by atoms with van der Waals surface area (Å²) in [5.41, 5.74) is 0.982. The van der Waals surface area contributed by atoms with Crippen molar-refractivity contribution < 1.29 is 18.7 Å². The molecule has 2 aromatic rings. The van der Waals surface area contributed by atoms with Gasteiger partial charge < -0.3 is 15.0 Å². The molecule has 1 atom stereocenters. The third-order valence-electron chi connectivity index (χ3n) is 3.90. The summed E-state index contributed by atoms with van der Waals surface area (Å²) in [6.45, 7) is 3.08. The first-order chi connectivity index (χ1) is 12.0. The molecule has 25 heavy (non-hydrogen) atoms. The second-order valence-electron chi connectivity index (χ2n) is 5.80. The lowest BCUT2D eigenvalue weighted by atomic mass is 10.2. The average molecular weight is 346 g/mol. The van der Waals surface area contributed by atoms with Gasteiger partial charge in [-0.15, -0.1) is 0 Å². The van der Waals surface area contributed by atoms with Gasteiger partial charge >= 0.3 is 0 Å². The van der Waals surface area contributed by atoms with E-state index in [4.69, 9.17) is 4.74 Å². The number of hydrogen-bond acceptors (Lipinski definition) is 4. The molecule has 7 nitrogen and oxygen atoms in total. The third kappa shape index (κ3) is 4.21. The van der Waals surface area contributed by atoms with Gasteiger partial charge in [0.1, 0.15) is 5.82 Å². The number of ether oxygens (including phenoxy) is 1. The topological polar surface area (TPSA) is 76.5 Å². The van der Waals surface area contributed by atoms with E-state index in [1.54, 1.807) is 29.3 Å². The number of amides is 2. The lowest BCUT2D eigenvalue weighted by Crippen LogP contribution is -2.49. The minimum absolute atomic E-state index is 0.134. The van der Waals surface area contributed by atoms with Crippen molar-refractivity contribution in [2.75, 3.05) is 26.2 Å². The van der Waals surface area contributed by atoms with Crippen LogP contribution in [0.2, 0.25) is 0 Å². The number of hydrogen-bond donors (Lipinski definition) is 1. The van der Waals surface area contributed by atoms with Crippen LogP contribution in [-0.2, 0) is 9.53 Å². The highest BCUT2D eigenvalue weighted by atomic mass is 19.1. The Kier molecular flexibility index (Phi) is 5.08. The van der Waals surface area contributed by atoms with Crippen LogP contribution in [0, 0.1) is 5.82 Å². The van der Waals surface area contributed by atoms with Crippen LogP contribution in [0.3, 0.4) is 0 Å². The molecule has 0 aliphatic carbocycles. The maximum Gasteiger partial charge on any atom is 0.274 e. The van der Waals surface area contributed by atoms with E-state index in [9.17, 15) is 14.0 Å². The number of morpholine rings is 1. The highest BCUT2D eigenvalue weighted by Crippen LogP contribution is 2.12. The molecule has 0 radical (unpaired) electrons. The average Bonchev–Trinajstić information content (AvgIpc) is 3.10. The lowest BCUT2D eigenvalue weighted by Gasteiger charge is -2.32. The van der Waals surface area contributed by atoms with Crippen molar-refractivity contribution >= 4 is 11.8 Å². The van der Waals surface area contributed by atoms with Crippen LogP contribution in [0.5, 0.6) is 0 Å². The van der Waals surface area contributed by atoms with E-state index in [-0.39, 0.29) is 23.7 Å². The van der Waals surface area contributed by atoms with Crippen LogP contribution in [0.15, 0.2) is 36.5 Å².